The normalized spacial score (nSPS) is 23.5. The monoisotopic (exact) mass is 501 g/mol. The van der Waals surface area contributed by atoms with Crippen molar-refractivity contribution in [3.63, 3.8) is 0 Å². The molecule has 0 radical (unpaired) electrons. The number of ether oxygens (including phenoxy) is 1. The van der Waals surface area contributed by atoms with Crippen LogP contribution in [-0.2, 0) is 21.8 Å². The minimum atomic E-state index is 0. The van der Waals surface area contributed by atoms with Gasteiger partial charge in [-0.05, 0) is 19.3 Å². The van der Waals surface area contributed by atoms with Crippen LogP contribution in [0.4, 0.5) is 0 Å². The SMILES string of the molecule is C1CCOCC1.CC1(C)CCCC(C)(C)[N-]1.CC1(C)CCCC(C)(C)[N-]1.[Cu+].[Li+].[Li+].[N-]=C=S. The molecule has 0 unspecified atom stereocenters. The van der Waals surface area contributed by atoms with Crippen LogP contribution in [0.1, 0.15) is 113 Å². The molecule has 0 aromatic heterocycles. The molecule has 0 aromatic carbocycles. The minimum Gasteiger partial charge on any atom is -0.753 e. The third-order valence-electron chi connectivity index (χ3n) is 5.44. The fourth-order valence-electron chi connectivity index (χ4n) is 4.46. The van der Waals surface area contributed by atoms with Gasteiger partial charge in [-0.25, -0.2) is 0 Å². The maximum absolute atomic E-state index is 7.13. The molecule has 4 nitrogen and oxygen atoms in total. The third-order valence-corrected chi connectivity index (χ3v) is 5.44. The summed E-state index contributed by atoms with van der Waals surface area (Å²) < 4.78 is 5.07. The van der Waals surface area contributed by atoms with Crippen LogP contribution in [0, 0.1) is 0 Å². The van der Waals surface area contributed by atoms with Gasteiger partial charge in [0, 0.05) is 13.2 Å². The second-order valence-electron chi connectivity index (χ2n) is 10.9. The summed E-state index contributed by atoms with van der Waals surface area (Å²) in [5.41, 5.74) is 0.951. The van der Waals surface area contributed by atoms with Gasteiger partial charge in [-0.1, -0.05) is 106 Å². The summed E-state index contributed by atoms with van der Waals surface area (Å²) in [6, 6.07) is 0. The van der Waals surface area contributed by atoms with Gasteiger partial charge in [0.1, 0.15) is 0 Å². The van der Waals surface area contributed by atoms with Crippen molar-refractivity contribution in [3.8, 4) is 0 Å². The quantitative estimate of drug-likeness (QED) is 0.290. The van der Waals surface area contributed by atoms with Crippen molar-refractivity contribution < 1.29 is 59.5 Å². The fraction of sp³-hybridized carbons (Fsp3) is 0.958. The first-order valence-electron chi connectivity index (χ1n) is 11.3. The second-order valence-corrected chi connectivity index (χ2v) is 11.1. The number of hydrogen-bond acceptors (Lipinski definition) is 2. The van der Waals surface area contributed by atoms with E-state index in [1.165, 1.54) is 62.9 Å². The van der Waals surface area contributed by atoms with Gasteiger partial charge < -0.3 is 20.8 Å². The zero-order chi connectivity index (χ0) is 22.6. The summed E-state index contributed by atoms with van der Waals surface area (Å²) in [6.07, 6.45) is 11.6. The average Bonchev–Trinajstić information content (AvgIpc) is 2.54. The van der Waals surface area contributed by atoms with Crippen molar-refractivity contribution in [2.24, 2.45) is 0 Å². The van der Waals surface area contributed by atoms with E-state index in [0.717, 1.165) is 13.2 Å². The Morgan fingerprint density at radius 2 is 0.875 bits per heavy atom. The van der Waals surface area contributed by atoms with Gasteiger partial charge >= 0.3 is 54.8 Å². The Labute approximate surface area is 240 Å². The van der Waals surface area contributed by atoms with Crippen LogP contribution in [0.2, 0.25) is 0 Å². The molecular formula is C24H46CuLi2N3OS. The van der Waals surface area contributed by atoms with Gasteiger partial charge in [-0.3, -0.25) is 0 Å². The fourth-order valence-corrected chi connectivity index (χ4v) is 4.46. The van der Waals surface area contributed by atoms with E-state index in [1.807, 2.05) is 0 Å². The Morgan fingerprint density at radius 1 is 0.625 bits per heavy atom. The van der Waals surface area contributed by atoms with E-state index in [4.69, 9.17) is 20.8 Å². The molecule has 0 atom stereocenters. The van der Waals surface area contributed by atoms with Crippen molar-refractivity contribution in [2.45, 2.75) is 135 Å². The molecule has 3 saturated heterocycles. The van der Waals surface area contributed by atoms with Crippen molar-refractivity contribution >= 4 is 17.4 Å². The Hall–Kier alpha value is 1.39. The molecule has 0 amide bonds. The van der Waals surface area contributed by atoms with E-state index >= 15 is 0 Å². The number of thiocarbonyl (C=S) groups is 1. The summed E-state index contributed by atoms with van der Waals surface area (Å²) >= 11 is 3.70. The molecule has 8 heteroatoms. The molecule has 0 aromatic rings. The van der Waals surface area contributed by atoms with Crippen LogP contribution < -0.4 is 37.7 Å². The maximum Gasteiger partial charge on any atom is 1.00 e. The van der Waals surface area contributed by atoms with E-state index in [2.05, 4.69) is 67.6 Å². The maximum atomic E-state index is 7.13. The largest absolute Gasteiger partial charge is 1.00 e. The molecule has 3 aliphatic rings. The number of nitrogens with zero attached hydrogens (tertiary/aromatic N) is 3. The molecule has 0 bridgehead atoms. The van der Waals surface area contributed by atoms with Crippen molar-refractivity contribution in [1.82, 2.24) is 0 Å². The van der Waals surface area contributed by atoms with Crippen LogP contribution in [-0.4, -0.2) is 40.5 Å². The number of piperidine rings is 2. The molecule has 0 aliphatic carbocycles. The Kier molecular flexibility index (Phi) is 24.8. The van der Waals surface area contributed by atoms with E-state index in [1.54, 1.807) is 0 Å². The molecule has 0 N–H and O–H groups in total. The number of isothiocyanates is 1. The predicted octanol–water partition coefficient (Wildman–Crippen LogP) is 2.05. The topological polar surface area (TPSA) is 59.7 Å². The summed E-state index contributed by atoms with van der Waals surface area (Å²) in [5.74, 6) is 0. The van der Waals surface area contributed by atoms with Gasteiger partial charge in [0.05, 0.1) is 0 Å². The van der Waals surface area contributed by atoms with E-state index in [-0.39, 0.29) is 76.9 Å². The molecule has 0 saturated carbocycles. The van der Waals surface area contributed by atoms with E-state index < -0.39 is 0 Å². The van der Waals surface area contributed by atoms with Gasteiger partial charge in [0.2, 0.25) is 0 Å². The number of rotatable bonds is 0. The van der Waals surface area contributed by atoms with Crippen molar-refractivity contribution in [1.29, 1.82) is 0 Å². The summed E-state index contributed by atoms with van der Waals surface area (Å²) in [4.78, 5) is 0. The first-order valence-corrected chi connectivity index (χ1v) is 11.7. The Balaban J connectivity index is -0.000000169. The van der Waals surface area contributed by atoms with Crippen LogP contribution in [0.15, 0.2) is 0 Å². The molecule has 182 valence electrons. The van der Waals surface area contributed by atoms with Crippen molar-refractivity contribution in [3.05, 3.63) is 16.0 Å². The van der Waals surface area contributed by atoms with Gasteiger partial charge in [0.15, 0.2) is 0 Å². The molecule has 3 rings (SSSR count). The zero-order valence-electron chi connectivity index (χ0n) is 22.7. The molecular weight excluding hydrogens is 456 g/mol. The predicted molar refractivity (Wildman–Crippen MR) is 131 cm³/mol. The first-order chi connectivity index (χ1) is 13.2. The third kappa shape index (κ3) is 23.2. The van der Waals surface area contributed by atoms with E-state index in [0.29, 0.717) is 0 Å². The van der Waals surface area contributed by atoms with Crippen LogP contribution in [0.25, 0.3) is 16.0 Å². The molecule has 3 aliphatic heterocycles. The van der Waals surface area contributed by atoms with Crippen LogP contribution in [0.3, 0.4) is 0 Å². The summed E-state index contributed by atoms with van der Waals surface area (Å²) in [7, 11) is 0. The van der Waals surface area contributed by atoms with Crippen LogP contribution >= 0.6 is 12.2 Å². The van der Waals surface area contributed by atoms with Gasteiger partial charge in [-0.2, -0.15) is 5.16 Å². The molecule has 3 heterocycles. The molecule has 3 fully saturated rings. The van der Waals surface area contributed by atoms with Crippen molar-refractivity contribution in [2.75, 3.05) is 13.2 Å². The smallest absolute Gasteiger partial charge is 0.753 e. The zero-order valence-corrected chi connectivity index (χ0v) is 24.5. The van der Waals surface area contributed by atoms with Gasteiger partial charge in [-0.15, -0.1) is 22.2 Å². The average molecular weight is 502 g/mol. The van der Waals surface area contributed by atoms with Gasteiger partial charge in [0.25, 0.3) is 0 Å². The standard InChI is InChI=1S/2C9H18N.C5H10O.CNS.Cu.2Li/c2*1-8(2)6-5-7-9(3,4)10-8;1-2-4-6-5-3-1;2-1-3;;;/h2*5-7H2,1-4H3;1-5H2;;;;/q2*-1;;-1;3*+1. The molecule has 32 heavy (non-hydrogen) atoms. The van der Waals surface area contributed by atoms with Crippen LogP contribution in [0.5, 0.6) is 0 Å². The second kappa shape index (κ2) is 19.6. The van der Waals surface area contributed by atoms with E-state index in [9.17, 15) is 0 Å². The summed E-state index contributed by atoms with van der Waals surface area (Å²) in [6.45, 7) is 19.8. The first kappa shape index (κ1) is 40.6. The Morgan fingerprint density at radius 3 is 0.969 bits per heavy atom. The summed E-state index contributed by atoms with van der Waals surface area (Å²) in [5, 5.41) is 18.0. The molecule has 0 spiro atoms. The minimum absolute atomic E-state index is 0. The number of hydrogen-bond donors (Lipinski definition) is 0. The Bertz CT molecular complexity index is 422.